The molecule has 0 amide bonds. The third-order valence-electron chi connectivity index (χ3n) is 4.44. The summed E-state index contributed by atoms with van der Waals surface area (Å²) in [7, 11) is -3.90. The molecule has 1 aliphatic heterocycles. The molecule has 0 unspecified atom stereocenters. The first-order valence-electron chi connectivity index (χ1n) is 8.52. The number of hydrogen-bond acceptors (Lipinski definition) is 3. The number of rotatable bonds is 4. The van der Waals surface area contributed by atoms with Gasteiger partial charge in [-0.2, -0.15) is 4.31 Å². The minimum Gasteiger partial charge on any atom is -0.310 e. The third kappa shape index (κ3) is 4.02. The van der Waals surface area contributed by atoms with Crippen molar-refractivity contribution in [2.75, 3.05) is 13.1 Å². The molecule has 0 radical (unpaired) electrons. The average molecular weight is 382 g/mol. The summed E-state index contributed by atoms with van der Waals surface area (Å²) in [6.45, 7) is 0.675. The van der Waals surface area contributed by atoms with Crippen LogP contribution in [-0.2, 0) is 16.6 Å². The molecule has 1 aromatic carbocycles. The second kappa shape index (κ2) is 7.67. The third-order valence-corrected chi connectivity index (χ3v) is 6.35. The topological polar surface area (TPSA) is 59.4 Å². The molecule has 26 heavy (non-hydrogen) atoms. The fraction of sp³-hybridized carbons (Fsp3) is 0.389. The van der Waals surface area contributed by atoms with Crippen LogP contribution in [-0.4, -0.2) is 30.4 Å². The predicted molar refractivity (Wildman–Crippen MR) is 93.4 cm³/mol. The highest BCUT2D eigenvalue weighted by Gasteiger charge is 2.28. The lowest BCUT2D eigenvalue weighted by molar-refractivity contribution is 0.422. The minimum absolute atomic E-state index is 0.114. The van der Waals surface area contributed by atoms with Crippen molar-refractivity contribution >= 4 is 10.0 Å². The lowest BCUT2D eigenvalue weighted by atomic mass is 10.2. The second-order valence-corrected chi connectivity index (χ2v) is 8.31. The number of pyridine rings is 1. The van der Waals surface area contributed by atoms with Crippen LogP contribution in [0.15, 0.2) is 46.2 Å². The first-order chi connectivity index (χ1) is 12.4. The molecule has 0 atom stereocenters. The van der Waals surface area contributed by atoms with Gasteiger partial charge in [0.1, 0.15) is 16.5 Å². The molecule has 0 saturated carbocycles. The molecule has 1 aliphatic rings. The molecule has 2 heterocycles. The molecule has 0 bridgehead atoms. The van der Waals surface area contributed by atoms with Gasteiger partial charge in [0, 0.05) is 25.4 Å². The molecule has 5 nitrogen and oxygen atoms in total. The van der Waals surface area contributed by atoms with Crippen LogP contribution >= 0.6 is 0 Å². The van der Waals surface area contributed by atoms with Crippen LogP contribution in [0.5, 0.6) is 0 Å². The van der Waals surface area contributed by atoms with Crippen molar-refractivity contribution in [2.24, 2.45) is 0 Å². The van der Waals surface area contributed by atoms with Crippen molar-refractivity contribution in [3.63, 3.8) is 0 Å². The highest BCUT2D eigenvalue weighted by atomic mass is 32.2. The van der Waals surface area contributed by atoms with Gasteiger partial charge in [-0.3, -0.25) is 4.79 Å². The maximum atomic E-state index is 13.4. The van der Waals surface area contributed by atoms with Gasteiger partial charge in [-0.15, -0.1) is 0 Å². The fourth-order valence-corrected chi connectivity index (χ4v) is 4.76. The van der Waals surface area contributed by atoms with Crippen LogP contribution in [0.1, 0.15) is 31.2 Å². The van der Waals surface area contributed by atoms with Crippen molar-refractivity contribution in [3.05, 3.63) is 64.1 Å². The Morgan fingerprint density at radius 3 is 2.19 bits per heavy atom. The number of halogens is 2. The molecule has 1 aromatic heterocycles. The van der Waals surface area contributed by atoms with Gasteiger partial charge in [0.25, 0.3) is 5.56 Å². The maximum Gasteiger partial charge on any atom is 0.271 e. The van der Waals surface area contributed by atoms with Crippen LogP contribution in [0.2, 0.25) is 0 Å². The van der Waals surface area contributed by atoms with E-state index >= 15 is 0 Å². The van der Waals surface area contributed by atoms with E-state index in [2.05, 4.69) is 0 Å². The number of benzene rings is 1. The lowest BCUT2D eigenvalue weighted by Gasteiger charge is -2.20. The van der Waals surface area contributed by atoms with Crippen LogP contribution in [0.4, 0.5) is 8.78 Å². The van der Waals surface area contributed by atoms with Crippen molar-refractivity contribution < 1.29 is 17.2 Å². The Morgan fingerprint density at radius 1 is 0.962 bits per heavy atom. The van der Waals surface area contributed by atoms with Crippen LogP contribution < -0.4 is 5.56 Å². The van der Waals surface area contributed by atoms with E-state index in [4.69, 9.17) is 0 Å². The Hall–Kier alpha value is -2.06. The van der Waals surface area contributed by atoms with Gasteiger partial charge in [-0.25, -0.2) is 17.2 Å². The van der Waals surface area contributed by atoms with Gasteiger partial charge in [0.05, 0.1) is 6.54 Å². The minimum atomic E-state index is -3.90. The monoisotopic (exact) mass is 382 g/mol. The zero-order valence-corrected chi connectivity index (χ0v) is 15.0. The Bertz CT molecular complexity index is 929. The van der Waals surface area contributed by atoms with E-state index in [9.17, 15) is 22.0 Å². The summed E-state index contributed by atoms with van der Waals surface area (Å²) >= 11 is 0. The number of hydrogen-bond donors (Lipinski definition) is 0. The Morgan fingerprint density at radius 2 is 1.58 bits per heavy atom. The van der Waals surface area contributed by atoms with Gasteiger partial charge >= 0.3 is 0 Å². The zero-order valence-electron chi connectivity index (χ0n) is 14.2. The van der Waals surface area contributed by atoms with E-state index in [1.54, 1.807) is 0 Å². The van der Waals surface area contributed by atoms with Gasteiger partial charge in [-0.05, 0) is 42.7 Å². The van der Waals surface area contributed by atoms with Gasteiger partial charge < -0.3 is 4.57 Å². The molecule has 0 aliphatic carbocycles. The molecule has 1 fully saturated rings. The van der Waals surface area contributed by atoms with E-state index in [1.165, 1.54) is 22.6 Å². The molecule has 8 heteroatoms. The Kier molecular flexibility index (Phi) is 5.52. The van der Waals surface area contributed by atoms with Crippen LogP contribution in [0.25, 0.3) is 0 Å². The molecular formula is C18H20F2N2O3S. The first kappa shape index (κ1) is 18.7. The van der Waals surface area contributed by atoms with E-state index < -0.39 is 27.2 Å². The standard InChI is InChI=1S/C18H20F2N2O3S/c19-15-10-14(11-16(20)12-15)13-21-7-5-6-17(18(21)23)26(24,25)22-8-3-1-2-4-9-22/h5-7,10-12H,1-4,8-9,13H2. The largest absolute Gasteiger partial charge is 0.310 e. The van der Waals surface area contributed by atoms with Gasteiger partial charge in [0.2, 0.25) is 10.0 Å². The average Bonchev–Trinajstić information content (AvgIpc) is 2.85. The predicted octanol–water partition coefficient (Wildman–Crippen LogP) is 2.74. The summed E-state index contributed by atoms with van der Waals surface area (Å²) in [6, 6.07) is 5.72. The molecular weight excluding hydrogens is 362 g/mol. The lowest BCUT2D eigenvalue weighted by Crippen LogP contribution is -2.37. The molecule has 3 rings (SSSR count). The van der Waals surface area contributed by atoms with E-state index in [1.807, 2.05) is 0 Å². The van der Waals surface area contributed by atoms with Crippen LogP contribution in [0, 0.1) is 11.6 Å². The Balaban J connectivity index is 1.95. The van der Waals surface area contributed by atoms with E-state index in [-0.39, 0.29) is 17.0 Å². The van der Waals surface area contributed by atoms with Gasteiger partial charge in [0.15, 0.2) is 0 Å². The highest BCUT2D eigenvalue weighted by molar-refractivity contribution is 7.89. The normalized spacial score (nSPS) is 16.4. The quantitative estimate of drug-likeness (QED) is 0.817. The van der Waals surface area contributed by atoms with Crippen molar-refractivity contribution in [1.82, 2.24) is 8.87 Å². The summed E-state index contributed by atoms with van der Waals surface area (Å²) in [5, 5.41) is 0. The summed E-state index contributed by atoms with van der Waals surface area (Å²) in [5.74, 6) is -1.50. The number of sulfonamides is 1. The smallest absolute Gasteiger partial charge is 0.271 e. The summed E-state index contributed by atoms with van der Waals surface area (Å²) in [5.41, 5.74) is -0.449. The van der Waals surface area contributed by atoms with Crippen molar-refractivity contribution in [1.29, 1.82) is 0 Å². The van der Waals surface area contributed by atoms with Crippen LogP contribution in [0.3, 0.4) is 0 Å². The number of nitrogens with zero attached hydrogens (tertiary/aromatic N) is 2. The highest BCUT2D eigenvalue weighted by Crippen LogP contribution is 2.18. The fourth-order valence-electron chi connectivity index (χ4n) is 3.16. The summed E-state index contributed by atoms with van der Waals surface area (Å²) in [4.78, 5) is 12.4. The van der Waals surface area contributed by atoms with E-state index in [0.29, 0.717) is 13.1 Å². The number of aromatic nitrogens is 1. The van der Waals surface area contributed by atoms with Crippen molar-refractivity contribution in [3.8, 4) is 0 Å². The molecule has 140 valence electrons. The molecule has 0 N–H and O–H groups in total. The molecule has 2 aromatic rings. The zero-order chi connectivity index (χ0) is 18.7. The SMILES string of the molecule is O=c1c(S(=O)(=O)N2CCCCCC2)cccn1Cc1cc(F)cc(F)c1. The molecule has 0 spiro atoms. The first-order valence-corrected chi connectivity index (χ1v) is 9.96. The van der Waals surface area contributed by atoms with Gasteiger partial charge in [-0.1, -0.05) is 12.8 Å². The summed E-state index contributed by atoms with van der Waals surface area (Å²) in [6.07, 6.45) is 4.88. The van der Waals surface area contributed by atoms with E-state index in [0.717, 1.165) is 48.4 Å². The second-order valence-electron chi connectivity index (χ2n) is 6.40. The maximum absolute atomic E-state index is 13.4. The summed E-state index contributed by atoms with van der Waals surface area (Å²) < 4.78 is 54.9. The molecule has 1 saturated heterocycles. The Labute approximate surface area is 150 Å². The van der Waals surface area contributed by atoms with Crippen molar-refractivity contribution in [2.45, 2.75) is 37.1 Å².